The second-order valence-electron chi connectivity index (χ2n) is 6.89. The average molecular weight is 306 g/mol. The molecule has 1 atom stereocenters. The Hall–Kier alpha value is -1.09. The van der Waals surface area contributed by atoms with Crippen LogP contribution in [0.3, 0.4) is 0 Å². The first kappa shape index (κ1) is 14.8. The summed E-state index contributed by atoms with van der Waals surface area (Å²) in [6.45, 7) is 6.86. The third-order valence-electron chi connectivity index (χ3n) is 4.93. The Balaban J connectivity index is 2.19. The van der Waals surface area contributed by atoms with Gasteiger partial charge < -0.3 is 4.57 Å². The van der Waals surface area contributed by atoms with E-state index in [1.165, 1.54) is 31.2 Å². The minimum Gasteiger partial charge on any atom is -0.309 e. The molecule has 1 saturated carbocycles. The Bertz CT molecular complexity index is 645. The number of imidazole rings is 1. The van der Waals surface area contributed by atoms with Gasteiger partial charge in [-0.05, 0) is 36.8 Å². The fourth-order valence-electron chi connectivity index (χ4n) is 3.70. The normalized spacial score (nSPS) is 21.8. The molecule has 0 saturated heterocycles. The number of aryl methyl sites for hydroxylation is 2. The standard InChI is InChI=1S/C17H24ClN3/c1-12-8-11-19-16-15(12)20-14(7-10-18)21(16)13-6-4-5-9-17(13,2)3/h8,11,13H,4-7,9-10H2,1-3H3. The fraction of sp³-hybridized carbons (Fsp3) is 0.647. The van der Waals surface area contributed by atoms with Crippen molar-refractivity contribution in [2.24, 2.45) is 5.41 Å². The molecule has 1 aliphatic rings. The van der Waals surface area contributed by atoms with Crippen molar-refractivity contribution in [1.29, 1.82) is 0 Å². The van der Waals surface area contributed by atoms with E-state index in [1.54, 1.807) is 0 Å². The maximum Gasteiger partial charge on any atom is 0.160 e. The number of alkyl halides is 1. The zero-order valence-corrected chi connectivity index (χ0v) is 14.0. The molecule has 0 N–H and O–H groups in total. The minimum absolute atomic E-state index is 0.290. The Morgan fingerprint density at radius 2 is 2.19 bits per heavy atom. The molecule has 0 aromatic carbocycles. The summed E-state index contributed by atoms with van der Waals surface area (Å²) in [4.78, 5) is 9.50. The predicted molar refractivity (Wildman–Crippen MR) is 88.0 cm³/mol. The maximum atomic E-state index is 6.01. The predicted octanol–water partition coefficient (Wildman–Crippen LogP) is 4.66. The lowest BCUT2D eigenvalue weighted by Gasteiger charge is -2.40. The molecule has 2 aromatic heterocycles. The summed E-state index contributed by atoms with van der Waals surface area (Å²) in [5.41, 5.74) is 3.57. The van der Waals surface area contributed by atoms with E-state index < -0.39 is 0 Å². The number of aromatic nitrogens is 3. The summed E-state index contributed by atoms with van der Waals surface area (Å²) in [7, 11) is 0. The van der Waals surface area contributed by atoms with Crippen LogP contribution < -0.4 is 0 Å². The molecule has 0 amide bonds. The van der Waals surface area contributed by atoms with E-state index >= 15 is 0 Å². The summed E-state index contributed by atoms with van der Waals surface area (Å²) in [5.74, 6) is 1.71. The van der Waals surface area contributed by atoms with E-state index in [0.29, 0.717) is 17.3 Å². The molecule has 114 valence electrons. The van der Waals surface area contributed by atoms with Gasteiger partial charge in [0, 0.05) is 24.5 Å². The molecular weight excluding hydrogens is 282 g/mol. The average Bonchev–Trinajstić information content (AvgIpc) is 2.79. The third-order valence-corrected chi connectivity index (χ3v) is 5.12. The molecule has 0 radical (unpaired) electrons. The lowest BCUT2D eigenvalue weighted by atomic mass is 9.73. The number of halogens is 1. The lowest BCUT2D eigenvalue weighted by Crippen LogP contribution is -2.31. The van der Waals surface area contributed by atoms with Crippen LogP contribution in [-0.4, -0.2) is 20.4 Å². The summed E-state index contributed by atoms with van der Waals surface area (Å²) in [6, 6.07) is 2.51. The van der Waals surface area contributed by atoms with Crippen LogP contribution in [0.5, 0.6) is 0 Å². The van der Waals surface area contributed by atoms with E-state index in [0.717, 1.165) is 23.4 Å². The van der Waals surface area contributed by atoms with Crippen LogP contribution in [0.2, 0.25) is 0 Å². The lowest BCUT2D eigenvalue weighted by molar-refractivity contribution is 0.144. The summed E-state index contributed by atoms with van der Waals surface area (Å²) in [6.07, 6.45) is 7.81. The molecule has 2 heterocycles. The van der Waals surface area contributed by atoms with Crippen molar-refractivity contribution in [3.05, 3.63) is 23.7 Å². The van der Waals surface area contributed by atoms with Crippen LogP contribution >= 0.6 is 11.6 Å². The first-order valence-corrected chi connectivity index (χ1v) is 8.46. The number of rotatable bonds is 3. The molecule has 1 unspecified atom stereocenters. The third kappa shape index (κ3) is 2.57. The second kappa shape index (κ2) is 5.60. The van der Waals surface area contributed by atoms with E-state index in [4.69, 9.17) is 16.6 Å². The van der Waals surface area contributed by atoms with E-state index in [9.17, 15) is 0 Å². The highest BCUT2D eigenvalue weighted by Crippen LogP contribution is 2.45. The molecule has 0 spiro atoms. The van der Waals surface area contributed by atoms with Gasteiger partial charge in [-0.3, -0.25) is 0 Å². The van der Waals surface area contributed by atoms with Crippen molar-refractivity contribution < 1.29 is 0 Å². The van der Waals surface area contributed by atoms with Crippen LogP contribution in [0, 0.1) is 12.3 Å². The number of pyridine rings is 1. The Morgan fingerprint density at radius 3 is 2.90 bits per heavy atom. The first-order valence-electron chi connectivity index (χ1n) is 7.93. The Kier molecular flexibility index (Phi) is 3.96. The van der Waals surface area contributed by atoms with Crippen LogP contribution in [-0.2, 0) is 6.42 Å². The molecule has 4 heteroatoms. The van der Waals surface area contributed by atoms with Crippen molar-refractivity contribution in [1.82, 2.24) is 14.5 Å². The Labute approximate surface area is 131 Å². The van der Waals surface area contributed by atoms with Gasteiger partial charge in [-0.2, -0.15) is 0 Å². The molecule has 2 aromatic rings. The molecule has 1 aliphatic carbocycles. The van der Waals surface area contributed by atoms with E-state index in [2.05, 4.69) is 30.3 Å². The largest absolute Gasteiger partial charge is 0.309 e. The zero-order valence-electron chi connectivity index (χ0n) is 13.2. The fourth-order valence-corrected chi connectivity index (χ4v) is 3.87. The SMILES string of the molecule is Cc1ccnc2c1nc(CCCl)n2C1CCCCC1(C)C. The van der Waals surface area contributed by atoms with Gasteiger partial charge >= 0.3 is 0 Å². The Morgan fingerprint density at radius 1 is 1.38 bits per heavy atom. The summed E-state index contributed by atoms with van der Waals surface area (Å²) < 4.78 is 2.39. The van der Waals surface area contributed by atoms with Gasteiger partial charge in [-0.25, -0.2) is 9.97 Å². The van der Waals surface area contributed by atoms with Crippen molar-refractivity contribution >= 4 is 22.8 Å². The van der Waals surface area contributed by atoms with Crippen molar-refractivity contribution in [2.45, 2.75) is 58.9 Å². The molecular formula is C17H24ClN3. The second-order valence-corrected chi connectivity index (χ2v) is 7.27. The van der Waals surface area contributed by atoms with Crippen LogP contribution in [0.25, 0.3) is 11.2 Å². The van der Waals surface area contributed by atoms with Gasteiger partial charge in [0.1, 0.15) is 11.3 Å². The van der Waals surface area contributed by atoms with Crippen LogP contribution in [0.1, 0.15) is 57.0 Å². The molecule has 0 aliphatic heterocycles. The van der Waals surface area contributed by atoms with E-state index in [1.807, 2.05) is 12.3 Å². The number of fused-ring (bicyclic) bond motifs is 1. The molecule has 21 heavy (non-hydrogen) atoms. The highest BCUT2D eigenvalue weighted by molar-refractivity contribution is 6.17. The smallest absolute Gasteiger partial charge is 0.160 e. The topological polar surface area (TPSA) is 30.7 Å². The first-order chi connectivity index (χ1) is 10.0. The van der Waals surface area contributed by atoms with Crippen LogP contribution in [0.4, 0.5) is 0 Å². The minimum atomic E-state index is 0.290. The summed E-state index contributed by atoms with van der Waals surface area (Å²) >= 11 is 6.01. The number of hydrogen-bond donors (Lipinski definition) is 0. The van der Waals surface area contributed by atoms with Gasteiger partial charge in [0.2, 0.25) is 0 Å². The van der Waals surface area contributed by atoms with Crippen molar-refractivity contribution in [2.75, 3.05) is 5.88 Å². The van der Waals surface area contributed by atoms with Gasteiger partial charge in [0.05, 0.1) is 0 Å². The number of nitrogens with zero attached hydrogens (tertiary/aromatic N) is 3. The quantitative estimate of drug-likeness (QED) is 0.772. The molecule has 1 fully saturated rings. The number of hydrogen-bond acceptors (Lipinski definition) is 2. The zero-order chi connectivity index (χ0) is 15.0. The van der Waals surface area contributed by atoms with Crippen molar-refractivity contribution in [3.8, 4) is 0 Å². The highest BCUT2D eigenvalue weighted by atomic mass is 35.5. The van der Waals surface area contributed by atoms with E-state index in [-0.39, 0.29) is 0 Å². The highest BCUT2D eigenvalue weighted by Gasteiger charge is 2.35. The van der Waals surface area contributed by atoms with Crippen LogP contribution in [0.15, 0.2) is 12.3 Å². The van der Waals surface area contributed by atoms with Gasteiger partial charge in [-0.15, -0.1) is 11.6 Å². The molecule has 3 rings (SSSR count). The monoisotopic (exact) mass is 305 g/mol. The maximum absolute atomic E-state index is 6.01. The molecule has 0 bridgehead atoms. The van der Waals surface area contributed by atoms with Gasteiger partial charge in [0.25, 0.3) is 0 Å². The molecule has 3 nitrogen and oxygen atoms in total. The summed E-state index contributed by atoms with van der Waals surface area (Å²) in [5, 5.41) is 0. The van der Waals surface area contributed by atoms with Gasteiger partial charge in [-0.1, -0.05) is 26.7 Å². The van der Waals surface area contributed by atoms with Crippen molar-refractivity contribution in [3.63, 3.8) is 0 Å². The van der Waals surface area contributed by atoms with Gasteiger partial charge in [0.15, 0.2) is 5.65 Å².